The van der Waals surface area contributed by atoms with E-state index in [1.165, 1.54) is 0 Å². The summed E-state index contributed by atoms with van der Waals surface area (Å²) in [6.45, 7) is 4.18. The third-order valence-electron chi connectivity index (χ3n) is 4.88. The van der Waals surface area contributed by atoms with Gasteiger partial charge < -0.3 is 19.2 Å². The molecule has 0 radical (unpaired) electrons. The topological polar surface area (TPSA) is 82.4 Å². The lowest BCUT2D eigenvalue weighted by Gasteiger charge is -2.22. The minimum atomic E-state index is -0.0313. The van der Waals surface area contributed by atoms with Crippen molar-refractivity contribution in [2.45, 2.75) is 19.8 Å². The Hall–Kier alpha value is -3.09. The molecular weight excluding hydrogens is 344 g/mol. The summed E-state index contributed by atoms with van der Waals surface area (Å²) in [5, 5.41) is 0. The SMILES string of the molecule is Cc1nc2cc(C(=O)N3CCCN(C(=O)Cc4ccc[nH]4)CC3)ccc2o1. The second kappa shape index (κ2) is 7.26. The number of carbonyl (C=O) groups excluding carboxylic acids is 2. The molecule has 2 amide bonds. The van der Waals surface area contributed by atoms with Crippen LogP contribution in [0, 0.1) is 6.92 Å². The molecule has 7 heteroatoms. The molecule has 0 atom stereocenters. The van der Waals surface area contributed by atoms with Gasteiger partial charge in [-0.3, -0.25) is 9.59 Å². The molecule has 0 saturated carbocycles. The summed E-state index contributed by atoms with van der Waals surface area (Å²) in [6, 6.07) is 9.13. The number of hydrogen-bond acceptors (Lipinski definition) is 4. The average molecular weight is 366 g/mol. The molecule has 2 aromatic heterocycles. The zero-order chi connectivity index (χ0) is 18.8. The van der Waals surface area contributed by atoms with E-state index < -0.39 is 0 Å². The number of hydrogen-bond donors (Lipinski definition) is 1. The fourth-order valence-electron chi connectivity index (χ4n) is 3.48. The summed E-state index contributed by atoms with van der Waals surface area (Å²) in [7, 11) is 0. The second-order valence-electron chi connectivity index (χ2n) is 6.81. The molecule has 1 saturated heterocycles. The van der Waals surface area contributed by atoms with Crippen LogP contribution in [0.2, 0.25) is 0 Å². The number of nitrogens with one attached hydrogen (secondary N) is 1. The summed E-state index contributed by atoms with van der Waals surface area (Å²) < 4.78 is 5.47. The van der Waals surface area contributed by atoms with Gasteiger partial charge in [0.25, 0.3) is 5.91 Å². The predicted octanol–water partition coefficient (Wildman–Crippen LogP) is 2.38. The van der Waals surface area contributed by atoms with Crippen LogP contribution in [-0.2, 0) is 11.2 Å². The van der Waals surface area contributed by atoms with Crippen molar-refractivity contribution < 1.29 is 14.0 Å². The van der Waals surface area contributed by atoms with Gasteiger partial charge in [-0.25, -0.2) is 4.98 Å². The van der Waals surface area contributed by atoms with E-state index in [2.05, 4.69) is 9.97 Å². The molecular formula is C20H22N4O3. The first-order valence-electron chi connectivity index (χ1n) is 9.16. The van der Waals surface area contributed by atoms with Crippen molar-refractivity contribution in [3.63, 3.8) is 0 Å². The zero-order valence-electron chi connectivity index (χ0n) is 15.3. The lowest BCUT2D eigenvalue weighted by atomic mass is 10.1. The standard InChI is InChI=1S/C20H22N4O3/c1-14-22-17-12-15(5-6-18(17)27-14)20(26)24-9-3-8-23(10-11-24)19(25)13-16-4-2-7-21-16/h2,4-7,12,21H,3,8-11,13H2,1H3. The van der Waals surface area contributed by atoms with Gasteiger partial charge in [0, 0.05) is 50.6 Å². The van der Waals surface area contributed by atoms with E-state index in [4.69, 9.17) is 4.42 Å². The fourth-order valence-corrected chi connectivity index (χ4v) is 3.48. The largest absolute Gasteiger partial charge is 0.441 e. The van der Waals surface area contributed by atoms with Gasteiger partial charge in [-0.2, -0.15) is 0 Å². The van der Waals surface area contributed by atoms with Gasteiger partial charge in [-0.05, 0) is 36.8 Å². The third kappa shape index (κ3) is 3.72. The van der Waals surface area contributed by atoms with Crippen LogP contribution >= 0.6 is 0 Å². The minimum absolute atomic E-state index is 0.0313. The number of aromatic nitrogens is 2. The van der Waals surface area contributed by atoms with Crippen molar-refractivity contribution in [1.82, 2.24) is 19.8 Å². The first-order chi connectivity index (χ1) is 13.1. The molecule has 1 aliphatic rings. The van der Waals surface area contributed by atoms with E-state index in [0.717, 1.165) is 12.1 Å². The molecule has 0 unspecified atom stereocenters. The van der Waals surface area contributed by atoms with Gasteiger partial charge in [0.05, 0.1) is 6.42 Å². The van der Waals surface area contributed by atoms with Crippen LogP contribution in [0.5, 0.6) is 0 Å². The predicted molar refractivity (Wildman–Crippen MR) is 100 cm³/mol. The Balaban J connectivity index is 1.42. The molecule has 0 bridgehead atoms. The number of amides is 2. The molecule has 140 valence electrons. The summed E-state index contributed by atoms with van der Waals surface area (Å²) >= 11 is 0. The van der Waals surface area contributed by atoms with Gasteiger partial charge >= 0.3 is 0 Å². The Kier molecular flexibility index (Phi) is 4.66. The highest BCUT2D eigenvalue weighted by Gasteiger charge is 2.23. The van der Waals surface area contributed by atoms with Crippen LogP contribution in [0.3, 0.4) is 0 Å². The van der Waals surface area contributed by atoms with Crippen LogP contribution < -0.4 is 0 Å². The summed E-state index contributed by atoms with van der Waals surface area (Å²) in [5.74, 6) is 0.642. The number of aryl methyl sites for hydroxylation is 1. The van der Waals surface area contributed by atoms with Crippen LogP contribution in [0.4, 0.5) is 0 Å². The number of benzene rings is 1. The maximum absolute atomic E-state index is 12.9. The monoisotopic (exact) mass is 366 g/mol. The molecule has 3 aromatic rings. The second-order valence-corrected chi connectivity index (χ2v) is 6.81. The molecule has 1 aliphatic heterocycles. The normalized spacial score (nSPS) is 15.1. The van der Waals surface area contributed by atoms with E-state index in [1.54, 1.807) is 25.1 Å². The quantitative estimate of drug-likeness (QED) is 0.772. The lowest BCUT2D eigenvalue weighted by molar-refractivity contribution is -0.130. The van der Waals surface area contributed by atoms with Gasteiger partial charge in [0.1, 0.15) is 5.52 Å². The Bertz CT molecular complexity index is 961. The van der Waals surface area contributed by atoms with Crippen molar-refractivity contribution in [3.8, 4) is 0 Å². The number of carbonyl (C=O) groups is 2. The first-order valence-corrected chi connectivity index (χ1v) is 9.16. The highest BCUT2D eigenvalue weighted by atomic mass is 16.3. The summed E-state index contributed by atoms with van der Waals surface area (Å²) in [4.78, 5) is 36.4. The molecule has 3 heterocycles. The van der Waals surface area contributed by atoms with Crippen molar-refractivity contribution in [2.75, 3.05) is 26.2 Å². The van der Waals surface area contributed by atoms with Crippen molar-refractivity contribution >= 4 is 22.9 Å². The number of oxazole rings is 1. The Labute approximate surface area is 157 Å². The van der Waals surface area contributed by atoms with Gasteiger partial charge in [-0.15, -0.1) is 0 Å². The summed E-state index contributed by atoms with van der Waals surface area (Å²) in [6.07, 6.45) is 2.95. The van der Waals surface area contributed by atoms with Crippen LogP contribution in [0.1, 0.15) is 28.4 Å². The maximum Gasteiger partial charge on any atom is 0.253 e. The van der Waals surface area contributed by atoms with Crippen LogP contribution in [0.15, 0.2) is 40.9 Å². The number of rotatable bonds is 3. The van der Waals surface area contributed by atoms with E-state index in [-0.39, 0.29) is 11.8 Å². The highest BCUT2D eigenvalue weighted by Crippen LogP contribution is 2.18. The van der Waals surface area contributed by atoms with Gasteiger partial charge in [0.2, 0.25) is 5.91 Å². The van der Waals surface area contributed by atoms with Crippen molar-refractivity contribution in [3.05, 3.63) is 53.7 Å². The van der Waals surface area contributed by atoms with Crippen molar-refractivity contribution in [2.24, 2.45) is 0 Å². The van der Waals surface area contributed by atoms with Crippen molar-refractivity contribution in [1.29, 1.82) is 0 Å². The summed E-state index contributed by atoms with van der Waals surface area (Å²) in [5.41, 5.74) is 2.88. The molecule has 1 N–H and O–H groups in total. The number of fused-ring (bicyclic) bond motifs is 1. The number of aromatic amines is 1. The fraction of sp³-hybridized carbons (Fsp3) is 0.350. The van der Waals surface area contributed by atoms with E-state index in [1.807, 2.05) is 28.1 Å². The van der Waals surface area contributed by atoms with E-state index in [9.17, 15) is 9.59 Å². The number of nitrogens with zero attached hydrogens (tertiary/aromatic N) is 3. The molecule has 0 aliphatic carbocycles. The average Bonchev–Trinajstić information content (AvgIpc) is 3.21. The Morgan fingerprint density at radius 2 is 1.96 bits per heavy atom. The zero-order valence-corrected chi connectivity index (χ0v) is 15.3. The molecule has 7 nitrogen and oxygen atoms in total. The Morgan fingerprint density at radius 3 is 2.78 bits per heavy atom. The maximum atomic E-state index is 12.9. The smallest absolute Gasteiger partial charge is 0.253 e. The number of H-pyrrole nitrogens is 1. The molecule has 27 heavy (non-hydrogen) atoms. The van der Waals surface area contributed by atoms with Crippen LogP contribution in [-0.4, -0.2) is 57.8 Å². The Morgan fingerprint density at radius 1 is 1.15 bits per heavy atom. The minimum Gasteiger partial charge on any atom is -0.441 e. The van der Waals surface area contributed by atoms with Crippen LogP contribution in [0.25, 0.3) is 11.1 Å². The first kappa shape index (κ1) is 17.3. The van der Waals surface area contributed by atoms with Gasteiger partial charge in [-0.1, -0.05) is 0 Å². The molecule has 0 spiro atoms. The molecule has 4 rings (SSSR count). The lowest BCUT2D eigenvalue weighted by Crippen LogP contribution is -2.38. The van der Waals surface area contributed by atoms with E-state index >= 15 is 0 Å². The van der Waals surface area contributed by atoms with Gasteiger partial charge in [0.15, 0.2) is 11.5 Å². The molecule has 1 fully saturated rings. The third-order valence-corrected chi connectivity index (χ3v) is 4.88. The van der Waals surface area contributed by atoms with E-state index in [0.29, 0.717) is 55.2 Å². The highest BCUT2D eigenvalue weighted by molar-refractivity contribution is 5.97. The molecule has 1 aromatic carbocycles.